The molecule has 0 saturated heterocycles. The van der Waals surface area contributed by atoms with Crippen LogP contribution in [0.1, 0.15) is 20.3 Å². The minimum atomic E-state index is 0.114. The summed E-state index contributed by atoms with van der Waals surface area (Å²) in [6.45, 7) is 11.6. The van der Waals surface area contributed by atoms with E-state index in [4.69, 9.17) is 4.74 Å². The summed E-state index contributed by atoms with van der Waals surface area (Å²) in [7, 11) is 0. The minimum absolute atomic E-state index is 0.114. The van der Waals surface area contributed by atoms with Gasteiger partial charge in [-0.1, -0.05) is 43.9 Å². The van der Waals surface area contributed by atoms with Crippen molar-refractivity contribution in [3.05, 3.63) is 73.1 Å². The molecule has 1 heteroatoms. The average Bonchev–Trinajstić information content (AvgIpc) is 2.43. The molecule has 96 valence electrons. The van der Waals surface area contributed by atoms with Gasteiger partial charge in [0.25, 0.3) is 0 Å². The molecule has 0 N–H and O–H groups in total. The van der Waals surface area contributed by atoms with E-state index in [0.717, 1.165) is 17.8 Å². The second-order valence-corrected chi connectivity index (χ2v) is 4.30. The van der Waals surface area contributed by atoms with Gasteiger partial charge in [-0.05, 0) is 36.6 Å². The van der Waals surface area contributed by atoms with Gasteiger partial charge in [-0.15, -0.1) is 6.58 Å². The van der Waals surface area contributed by atoms with Crippen molar-refractivity contribution in [2.45, 2.75) is 26.4 Å². The van der Waals surface area contributed by atoms with Crippen LogP contribution in [0.5, 0.6) is 0 Å². The van der Waals surface area contributed by atoms with Gasteiger partial charge in [-0.3, -0.25) is 0 Å². The van der Waals surface area contributed by atoms with Crippen molar-refractivity contribution in [3.8, 4) is 0 Å². The van der Waals surface area contributed by atoms with E-state index in [1.54, 1.807) is 0 Å². The normalized spacial score (nSPS) is 21.6. The lowest BCUT2D eigenvalue weighted by Crippen LogP contribution is -2.10. The Hall–Kier alpha value is -1.76. The molecule has 0 aromatic rings. The monoisotopic (exact) mass is 242 g/mol. The quantitative estimate of drug-likeness (QED) is 0.372. The van der Waals surface area contributed by atoms with Crippen LogP contribution in [0, 0.1) is 5.92 Å². The minimum Gasteiger partial charge on any atom is -0.486 e. The molecule has 2 atom stereocenters. The Morgan fingerprint density at radius 3 is 2.78 bits per heavy atom. The first-order valence-corrected chi connectivity index (χ1v) is 6.34. The highest BCUT2D eigenvalue weighted by molar-refractivity contribution is 5.33. The summed E-state index contributed by atoms with van der Waals surface area (Å²) in [4.78, 5) is 0. The Bertz CT molecular complexity index is 407. The van der Waals surface area contributed by atoms with Crippen molar-refractivity contribution < 1.29 is 4.74 Å². The van der Waals surface area contributed by atoms with Crippen LogP contribution in [-0.4, -0.2) is 6.10 Å². The smallest absolute Gasteiger partial charge is 0.121 e. The standard InChI is InChI=1S/C17H22O/c1-5-14(4)8-11-16(7-3)18-17-12-9-15(6-2)10-13-17/h5-12,14,17H,1-2,13H2,3-4H3/b11-8-,16-7+/t14?,17-/m1/s1. The van der Waals surface area contributed by atoms with Gasteiger partial charge < -0.3 is 4.74 Å². The number of rotatable bonds is 6. The van der Waals surface area contributed by atoms with Crippen LogP contribution >= 0.6 is 0 Å². The average molecular weight is 242 g/mol. The molecular weight excluding hydrogens is 220 g/mol. The van der Waals surface area contributed by atoms with Crippen LogP contribution in [0.3, 0.4) is 0 Å². The summed E-state index contributed by atoms with van der Waals surface area (Å²) in [5.41, 5.74) is 1.16. The molecule has 0 saturated carbocycles. The molecular formula is C17H22O. The lowest BCUT2D eigenvalue weighted by molar-refractivity contribution is 0.166. The molecule has 1 unspecified atom stereocenters. The highest BCUT2D eigenvalue weighted by Crippen LogP contribution is 2.17. The predicted molar refractivity (Wildman–Crippen MR) is 79.2 cm³/mol. The molecule has 1 aliphatic rings. The van der Waals surface area contributed by atoms with Crippen molar-refractivity contribution in [1.29, 1.82) is 0 Å². The fourth-order valence-corrected chi connectivity index (χ4v) is 1.56. The van der Waals surface area contributed by atoms with E-state index >= 15 is 0 Å². The molecule has 1 aliphatic carbocycles. The van der Waals surface area contributed by atoms with Crippen LogP contribution in [0.25, 0.3) is 0 Å². The Labute approximate surface area is 111 Å². The van der Waals surface area contributed by atoms with Gasteiger partial charge in [0, 0.05) is 6.42 Å². The number of ether oxygens (including phenoxy) is 1. The summed E-state index contributed by atoms with van der Waals surface area (Å²) in [5.74, 6) is 1.26. The highest BCUT2D eigenvalue weighted by atomic mass is 16.5. The van der Waals surface area contributed by atoms with Crippen LogP contribution in [0.4, 0.5) is 0 Å². The van der Waals surface area contributed by atoms with Crippen molar-refractivity contribution in [2.75, 3.05) is 0 Å². The van der Waals surface area contributed by atoms with Crippen LogP contribution in [-0.2, 0) is 4.74 Å². The Morgan fingerprint density at radius 2 is 2.28 bits per heavy atom. The second-order valence-electron chi connectivity index (χ2n) is 4.30. The highest BCUT2D eigenvalue weighted by Gasteiger charge is 2.09. The van der Waals surface area contributed by atoms with Gasteiger partial charge in [-0.25, -0.2) is 0 Å². The van der Waals surface area contributed by atoms with Crippen molar-refractivity contribution in [3.63, 3.8) is 0 Å². The van der Waals surface area contributed by atoms with Crippen LogP contribution in [0.2, 0.25) is 0 Å². The van der Waals surface area contributed by atoms with Gasteiger partial charge in [0.05, 0.1) is 0 Å². The SMILES string of the molecule is C=CC1=CC[C@H](OC(/C=C\C(C)C=C)=C/C)C=C1. The molecule has 0 spiro atoms. The van der Waals surface area contributed by atoms with Crippen LogP contribution in [0.15, 0.2) is 73.1 Å². The first kappa shape index (κ1) is 14.3. The van der Waals surface area contributed by atoms with E-state index in [0.29, 0.717) is 5.92 Å². The van der Waals surface area contributed by atoms with Crippen molar-refractivity contribution >= 4 is 0 Å². The first-order chi connectivity index (χ1) is 8.69. The van der Waals surface area contributed by atoms with E-state index in [1.165, 1.54) is 0 Å². The molecule has 0 amide bonds. The summed E-state index contributed by atoms with van der Waals surface area (Å²) >= 11 is 0. The molecule has 0 aromatic carbocycles. The summed E-state index contributed by atoms with van der Waals surface area (Å²) < 4.78 is 5.90. The molecule has 18 heavy (non-hydrogen) atoms. The summed E-state index contributed by atoms with van der Waals surface area (Å²) in [6.07, 6.45) is 17.1. The number of allylic oxidation sites excluding steroid dienone is 7. The maximum absolute atomic E-state index is 5.90. The molecule has 1 rings (SSSR count). The van der Waals surface area contributed by atoms with E-state index in [1.807, 2.05) is 37.3 Å². The molecule has 0 radical (unpaired) electrons. The topological polar surface area (TPSA) is 9.23 Å². The second kappa shape index (κ2) is 7.54. The molecule has 0 fully saturated rings. The third-order valence-corrected chi connectivity index (χ3v) is 2.83. The zero-order valence-corrected chi connectivity index (χ0v) is 11.3. The Morgan fingerprint density at radius 1 is 1.50 bits per heavy atom. The fourth-order valence-electron chi connectivity index (χ4n) is 1.56. The lowest BCUT2D eigenvalue weighted by atomic mass is 10.1. The van der Waals surface area contributed by atoms with E-state index in [9.17, 15) is 0 Å². The van der Waals surface area contributed by atoms with Gasteiger partial charge in [0.1, 0.15) is 11.9 Å². The largest absolute Gasteiger partial charge is 0.486 e. The van der Waals surface area contributed by atoms with Crippen molar-refractivity contribution in [1.82, 2.24) is 0 Å². The third kappa shape index (κ3) is 4.62. The molecule has 0 bridgehead atoms. The predicted octanol–water partition coefficient (Wildman–Crippen LogP) is 4.73. The molecule has 0 aromatic heterocycles. The molecule has 0 heterocycles. The first-order valence-electron chi connectivity index (χ1n) is 6.34. The Kier molecular flexibility index (Phi) is 5.99. The summed E-state index contributed by atoms with van der Waals surface area (Å²) in [6, 6.07) is 0. The van der Waals surface area contributed by atoms with Gasteiger partial charge in [0.15, 0.2) is 0 Å². The molecule has 0 aliphatic heterocycles. The third-order valence-electron chi connectivity index (χ3n) is 2.83. The van der Waals surface area contributed by atoms with Gasteiger partial charge in [0.2, 0.25) is 0 Å². The maximum atomic E-state index is 5.90. The fraction of sp³-hybridized carbons (Fsp3) is 0.294. The van der Waals surface area contributed by atoms with Gasteiger partial charge in [-0.2, -0.15) is 0 Å². The maximum Gasteiger partial charge on any atom is 0.121 e. The zero-order chi connectivity index (χ0) is 13.4. The molecule has 1 nitrogen and oxygen atoms in total. The number of hydrogen-bond donors (Lipinski definition) is 0. The van der Waals surface area contributed by atoms with Crippen LogP contribution < -0.4 is 0 Å². The van der Waals surface area contributed by atoms with E-state index in [2.05, 4.69) is 38.3 Å². The van der Waals surface area contributed by atoms with Gasteiger partial charge >= 0.3 is 0 Å². The summed E-state index contributed by atoms with van der Waals surface area (Å²) in [5, 5.41) is 0. The number of hydrogen-bond acceptors (Lipinski definition) is 1. The van der Waals surface area contributed by atoms with Crippen molar-refractivity contribution in [2.24, 2.45) is 5.92 Å². The van der Waals surface area contributed by atoms with E-state index in [-0.39, 0.29) is 6.10 Å². The lowest BCUT2D eigenvalue weighted by Gasteiger charge is -2.18. The Balaban J connectivity index is 2.54. The zero-order valence-electron chi connectivity index (χ0n) is 11.3. The van der Waals surface area contributed by atoms with E-state index < -0.39 is 0 Å².